The van der Waals surface area contributed by atoms with Gasteiger partial charge in [-0.3, -0.25) is 9.59 Å². The van der Waals surface area contributed by atoms with E-state index in [0.29, 0.717) is 50.0 Å². The molecule has 0 spiro atoms. The van der Waals surface area contributed by atoms with E-state index in [1.54, 1.807) is 12.1 Å². The predicted octanol–water partition coefficient (Wildman–Crippen LogP) is 9.18. The van der Waals surface area contributed by atoms with Crippen LogP contribution in [0.1, 0.15) is 154 Å². The molecule has 2 aromatic rings. The fourth-order valence-corrected chi connectivity index (χ4v) is 15.5. The molecule has 0 unspecified atom stereocenters. The highest BCUT2D eigenvalue weighted by atomic mass is 16.6. The standard InChI is InChI=1S/C52H74N2O6/c1-28(2)16-30-18-32(22-34(53)20-30)36-12-11-13-38(36)52(9)47(60-52)40(56)17-29(3)44-39-14-15-43-49(6)24-37(33-19-31(27-54-10)21-35(55)23-33)46(59)48(4,5)45(49)42(58)26-51(43,8)50(39,7)25-41(44)57/h18-23,28-29,36-38,40,42-43,45,47,54-56,58H,11-17,24-27,53H2,1-10H3/t29-,36-,37-,38+,40-,42+,43-,45+,47-,49+,50+,51+,52-/m1/s1. The number of epoxide rings is 1. The van der Waals surface area contributed by atoms with Gasteiger partial charge in [-0.25, -0.2) is 0 Å². The molecule has 6 aliphatic rings. The Morgan fingerprint density at radius 1 is 0.917 bits per heavy atom. The topological polar surface area (TPSA) is 145 Å². The van der Waals surface area contributed by atoms with Gasteiger partial charge >= 0.3 is 0 Å². The van der Waals surface area contributed by atoms with E-state index in [9.17, 15) is 24.9 Å². The van der Waals surface area contributed by atoms with Crippen molar-refractivity contribution in [2.75, 3.05) is 12.8 Å². The highest BCUT2D eigenvalue weighted by Crippen LogP contribution is 2.75. The zero-order valence-electron chi connectivity index (χ0n) is 38.2. The zero-order valence-corrected chi connectivity index (χ0v) is 38.2. The van der Waals surface area contributed by atoms with Crippen molar-refractivity contribution in [3.05, 3.63) is 69.8 Å². The van der Waals surface area contributed by atoms with Gasteiger partial charge in [0.1, 0.15) is 17.6 Å². The summed E-state index contributed by atoms with van der Waals surface area (Å²) in [6.45, 7) is 20.3. The van der Waals surface area contributed by atoms with E-state index in [1.165, 1.54) is 16.7 Å². The molecule has 8 rings (SSSR count). The number of ketones is 2. The first-order chi connectivity index (χ1) is 28.1. The number of carbonyl (C=O) groups is 2. The minimum atomic E-state index is -0.783. The first-order valence-corrected chi connectivity index (χ1v) is 23.3. The molecular weight excluding hydrogens is 749 g/mol. The number of hydrogen-bond donors (Lipinski definition) is 5. The molecule has 0 aromatic heterocycles. The molecule has 1 heterocycles. The number of aromatic hydroxyl groups is 1. The lowest BCUT2D eigenvalue weighted by molar-refractivity contribution is -0.219. The number of aliphatic hydroxyl groups is 2. The number of anilines is 1. The molecule has 2 aromatic carbocycles. The summed E-state index contributed by atoms with van der Waals surface area (Å²) in [5.41, 5.74) is 11.3. The predicted molar refractivity (Wildman–Crippen MR) is 237 cm³/mol. The normalized spacial score (nSPS) is 39.4. The van der Waals surface area contributed by atoms with Crippen molar-refractivity contribution in [1.29, 1.82) is 0 Å². The number of nitrogen functional groups attached to an aromatic ring is 1. The lowest BCUT2D eigenvalue weighted by atomic mass is 9.35. The van der Waals surface area contributed by atoms with Gasteiger partial charge < -0.3 is 31.1 Å². The van der Waals surface area contributed by atoms with Crippen molar-refractivity contribution in [3.8, 4) is 5.75 Å². The van der Waals surface area contributed by atoms with Crippen molar-refractivity contribution in [1.82, 2.24) is 5.32 Å². The number of rotatable bonds is 11. The molecule has 0 amide bonds. The van der Waals surface area contributed by atoms with Crippen LogP contribution in [0.25, 0.3) is 0 Å². The number of fused-ring (bicyclic) bond motifs is 5. The van der Waals surface area contributed by atoms with Crippen LogP contribution in [0.5, 0.6) is 5.75 Å². The van der Waals surface area contributed by atoms with E-state index in [0.717, 1.165) is 60.9 Å². The molecule has 1 aliphatic heterocycles. The molecule has 8 nitrogen and oxygen atoms in total. The number of phenols is 1. The Kier molecular flexibility index (Phi) is 10.9. The van der Waals surface area contributed by atoms with E-state index in [-0.39, 0.29) is 46.6 Å². The summed E-state index contributed by atoms with van der Waals surface area (Å²) < 4.78 is 6.54. The fourth-order valence-electron chi connectivity index (χ4n) is 15.5. The number of aliphatic hydroxyl groups excluding tert-OH is 2. The number of ether oxygens (including phenoxy) is 1. The third-order valence-electron chi connectivity index (χ3n) is 17.9. The molecule has 6 N–H and O–H groups in total. The van der Waals surface area contributed by atoms with Gasteiger partial charge in [-0.2, -0.15) is 0 Å². The lowest BCUT2D eigenvalue weighted by Crippen LogP contribution is -2.67. The SMILES string of the molecule is CNCc1cc(O)cc([C@H]2C[C@@]3(C)[C@H]4CCC5=C([C@H](C)C[C@@H](O)[C@H]6O[C@]6(C)[C@H]6CCC[C@@H]6c6cc(N)cc(CC(C)C)c6)C(=O)C[C@]5(C)[C@@]4(C)C[C@H](O)[C@H]3C(C)(C)C2=O)c1. The number of hydrogen-bond acceptors (Lipinski definition) is 8. The fraction of sp³-hybridized carbons (Fsp3) is 0.692. The second kappa shape index (κ2) is 15.1. The zero-order chi connectivity index (χ0) is 43.5. The summed E-state index contributed by atoms with van der Waals surface area (Å²) in [5, 5.41) is 38.2. The van der Waals surface area contributed by atoms with Crippen LogP contribution >= 0.6 is 0 Å². The van der Waals surface area contributed by atoms with E-state index < -0.39 is 40.0 Å². The minimum Gasteiger partial charge on any atom is -0.508 e. The molecule has 5 aliphatic carbocycles. The maximum absolute atomic E-state index is 14.5. The van der Waals surface area contributed by atoms with Gasteiger partial charge in [0.05, 0.1) is 17.8 Å². The first kappa shape index (κ1) is 43.6. The average molecular weight is 823 g/mol. The van der Waals surface area contributed by atoms with Crippen molar-refractivity contribution < 1.29 is 29.6 Å². The van der Waals surface area contributed by atoms with Crippen molar-refractivity contribution in [2.45, 2.75) is 169 Å². The van der Waals surface area contributed by atoms with Gasteiger partial charge in [0.15, 0.2) is 5.78 Å². The van der Waals surface area contributed by atoms with Crippen LogP contribution in [-0.2, 0) is 27.3 Å². The Balaban J connectivity index is 1.04. The molecular formula is C52H74N2O6. The molecule has 0 radical (unpaired) electrons. The van der Waals surface area contributed by atoms with E-state index >= 15 is 0 Å². The van der Waals surface area contributed by atoms with Gasteiger partial charge in [-0.1, -0.05) is 79.5 Å². The molecule has 1 saturated heterocycles. The number of allylic oxidation sites excluding steroid dienone is 2. The summed E-state index contributed by atoms with van der Waals surface area (Å²) in [5.74, 6) is 1.05. The van der Waals surface area contributed by atoms with Gasteiger partial charge in [0, 0.05) is 41.3 Å². The Bertz CT molecular complexity index is 2070. The third-order valence-corrected chi connectivity index (χ3v) is 17.9. The molecule has 4 saturated carbocycles. The summed E-state index contributed by atoms with van der Waals surface area (Å²) in [4.78, 5) is 29.0. The number of phenolic OH excluding ortho intramolecular Hbond substituents is 1. The van der Waals surface area contributed by atoms with Gasteiger partial charge in [0.2, 0.25) is 0 Å². The Hall–Kier alpha value is -3.04. The Labute approximate surface area is 359 Å². The number of Topliss-reactive ketones (excluding diaryl/α,β-unsaturated/α-hetero) is 2. The van der Waals surface area contributed by atoms with Crippen molar-refractivity contribution in [3.63, 3.8) is 0 Å². The minimum absolute atomic E-state index is 0.127. The second-order valence-corrected chi connectivity index (χ2v) is 22.6. The molecule has 0 bridgehead atoms. The van der Waals surface area contributed by atoms with Crippen molar-refractivity contribution >= 4 is 17.3 Å². The number of nitrogens with one attached hydrogen (secondary N) is 1. The molecule has 5 fully saturated rings. The van der Waals surface area contributed by atoms with Gasteiger partial charge in [-0.05, 0) is 158 Å². The quantitative estimate of drug-likeness (QED) is 0.112. The van der Waals surface area contributed by atoms with E-state index in [1.807, 2.05) is 20.9 Å². The van der Waals surface area contributed by atoms with Crippen LogP contribution in [0.15, 0.2) is 47.5 Å². The molecule has 328 valence electrons. The summed E-state index contributed by atoms with van der Waals surface area (Å²) >= 11 is 0. The maximum atomic E-state index is 14.5. The lowest BCUT2D eigenvalue weighted by Gasteiger charge is -2.69. The smallest absolute Gasteiger partial charge is 0.159 e. The Morgan fingerprint density at radius 2 is 1.63 bits per heavy atom. The van der Waals surface area contributed by atoms with E-state index in [4.69, 9.17) is 10.5 Å². The first-order valence-electron chi connectivity index (χ1n) is 23.3. The number of nitrogens with two attached hydrogens (primary N) is 1. The van der Waals surface area contributed by atoms with Crippen LogP contribution < -0.4 is 11.1 Å². The molecule has 13 atom stereocenters. The highest BCUT2D eigenvalue weighted by Gasteiger charge is 2.71. The highest BCUT2D eigenvalue weighted by molar-refractivity contribution is 6.00. The second-order valence-electron chi connectivity index (χ2n) is 22.6. The summed E-state index contributed by atoms with van der Waals surface area (Å²) in [7, 11) is 1.87. The van der Waals surface area contributed by atoms with Gasteiger partial charge in [0.25, 0.3) is 0 Å². The molecule has 60 heavy (non-hydrogen) atoms. The van der Waals surface area contributed by atoms with Crippen LogP contribution in [0.2, 0.25) is 0 Å². The summed E-state index contributed by atoms with van der Waals surface area (Å²) in [6, 6.07) is 12.2. The van der Waals surface area contributed by atoms with E-state index in [2.05, 4.69) is 78.0 Å². The van der Waals surface area contributed by atoms with Crippen LogP contribution in [0.4, 0.5) is 5.69 Å². The number of benzene rings is 2. The van der Waals surface area contributed by atoms with Crippen molar-refractivity contribution in [2.24, 2.45) is 51.2 Å². The Morgan fingerprint density at radius 3 is 2.33 bits per heavy atom. The van der Waals surface area contributed by atoms with Crippen LogP contribution in [0, 0.1) is 51.2 Å². The summed E-state index contributed by atoms with van der Waals surface area (Å²) in [6.07, 6.45) is 6.29. The van der Waals surface area contributed by atoms with Crippen LogP contribution in [-0.4, -0.2) is 57.8 Å². The monoisotopic (exact) mass is 823 g/mol. The molecule has 8 heteroatoms. The van der Waals surface area contributed by atoms with Gasteiger partial charge in [-0.15, -0.1) is 0 Å². The number of carbonyl (C=O) groups excluding carboxylic acids is 2. The average Bonchev–Trinajstić information content (AvgIpc) is 3.44. The maximum Gasteiger partial charge on any atom is 0.159 e. The largest absolute Gasteiger partial charge is 0.508 e. The third kappa shape index (κ3) is 6.75. The van der Waals surface area contributed by atoms with Crippen LogP contribution in [0.3, 0.4) is 0 Å².